The first-order chi connectivity index (χ1) is 10.2. The summed E-state index contributed by atoms with van der Waals surface area (Å²) in [7, 11) is 0. The van der Waals surface area contributed by atoms with E-state index in [0.29, 0.717) is 5.41 Å². The zero-order valence-corrected chi connectivity index (χ0v) is 13.0. The second kappa shape index (κ2) is 5.66. The predicted octanol–water partition coefficient (Wildman–Crippen LogP) is 3.00. The first kappa shape index (κ1) is 14.4. The molecule has 1 amide bonds. The Bertz CT molecular complexity index is 533. The Morgan fingerprint density at radius 2 is 2.10 bits per heavy atom. The Kier molecular flexibility index (Phi) is 3.87. The van der Waals surface area contributed by atoms with Crippen molar-refractivity contribution in [3.8, 4) is 0 Å². The predicted molar refractivity (Wildman–Crippen MR) is 84.5 cm³/mol. The number of anilines is 1. The molecule has 0 aliphatic heterocycles. The summed E-state index contributed by atoms with van der Waals surface area (Å²) in [5.74, 6) is 1.71. The van der Waals surface area contributed by atoms with Gasteiger partial charge in [-0.3, -0.25) is 4.79 Å². The van der Waals surface area contributed by atoms with Crippen molar-refractivity contribution in [2.45, 2.75) is 46.0 Å². The van der Waals surface area contributed by atoms with Crippen LogP contribution in [0, 0.1) is 11.3 Å². The number of carbonyl (C=O) groups is 1. The highest BCUT2D eigenvalue weighted by Crippen LogP contribution is 2.60. The fourth-order valence-electron chi connectivity index (χ4n) is 3.12. The van der Waals surface area contributed by atoms with Crippen LogP contribution in [0.15, 0.2) is 12.1 Å². The third-order valence-corrected chi connectivity index (χ3v) is 4.80. The molecule has 2 aliphatic rings. The van der Waals surface area contributed by atoms with Gasteiger partial charge in [-0.25, -0.2) is 4.98 Å². The third kappa shape index (κ3) is 3.20. The van der Waals surface area contributed by atoms with Crippen molar-refractivity contribution >= 4 is 11.7 Å². The van der Waals surface area contributed by atoms with Gasteiger partial charge in [-0.1, -0.05) is 6.92 Å². The topological polar surface area (TPSA) is 54.0 Å². The second-order valence-corrected chi connectivity index (χ2v) is 6.44. The van der Waals surface area contributed by atoms with Crippen molar-refractivity contribution < 1.29 is 4.79 Å². The number of aryl methyl sites for hydroxylation is 1. The maximum Gasteiger partial charge on any atom is 0.251 e. The maximum atomic E-state index is 12.4. The number of nitrogens with one attached hydrogen (secondary N) is 2. The minimum Gasteiger partial charge on any atom is -0.370 e. The Balaban J connectivity index is 1.66. The van der Waals surface area contributed by atoms with Crippen LogP contribution in [0.4, 0.5) is 5.82 Å². The SMILES string of the molecule is CCNc1cc(C(=O)NCC2(C3CC3)CC2)cc(CC)n1. The van der Waals surface area contributed by atoms with Gasteiger partial charge in [-0.2, -0.15) is 0 Å². The highest BCUT2D eigenvalue weighted by atomic mass is 16.1. The Labute approximate surface area is 126 Å². The quantitative estimate of drug-likeness (QED) is 0.810. The molecule has 0 saturated heterocycles. The summed E-state index contributed by atoms with van der Waals surface area (Å²) in [6, 6.07) is 3.77. The Morgan fingerprint density at radius 1 is 1.33 bits per heavy atom. The van der Waals surface area contributed by atoms with Crippen LogP contribution in [0.5, 0.6) is 0 Å². The molecule has 114 valence electrons. The van der Waals surface area contributed by atoms with Gasteiger partial charge in [-0.05, 0) is 62.5 Å². The van der Waals surface area contributed by atoms with E-state index < -0.39 is 0 Å². The zero-order chi connectivity index (χ0) is 14.9. The van der Waals surface area contributed by atoms with Gasteiger partial charge in [0.2, 0.25) is 0 Å². The number of amides is 1. The van der Waals surface area contributed by atoms with Crippen molar-refractivity contribution in [2.24, 2.45) is 11.3 Å². The number of hydrogen-bond acceptors (Lipinski definition) is 3. The summed E-state index contributed by atoms with van der Waals surface area (Å²) in [5, 5.41) is 6.35. The summed E-state index contributed by atoms with van der Waals surface area (Å²) in [4.78, 5) is 16.9. The standard InChI is InChI=1S/C17H25N3O/c1-3-14-9-12(10-15(20-14)18-4-2)16(21)19-11-17(7-8-17)13-5-6-13/h9-10,13H,3-8,11H2,1-2H3,(H,18,20)(H,19,21). The van der Waals surface area contributed by atoms with Crippen LogP contribution in [0.25, 0.3) is 0 Å². The van der Waals surface area contributed by atoms with Gasteiger partial charge in [0.1, 0.15) is 5.82 Å². The van der Waals surface area contributed by atoms with Crippen molar-refractivity contribution in [1.29, 1.82) is 0 Å². The highest BCUT2D eigenvalue weighted by Gasteiger charge is 2.53. The monoisotopic (exact) mass is 287 g/mol. The summed E-state index contributed by atoms with van der Waals surface area (Å²) < 4.78 is 0. The van der Waals surface area contributed by atoms with Gasteiger partial charge in [0, 0.05) is 24.3 Å². The van der Waals surface area contributed by atoms with Crippen LogP contribution in [0.1, 0.15) is 55.6 Å². The molecule has 2 aliphatic carbocycles. The minimum absolute atomic E-state index is 0.0400. The highest BCUT2D eigenvalue weighted by molar-refractivity contribution is 5.95. The number of aromatic nitrogens is 1. The lowest BCUT2D eigenvalue weighted by Crippen LogP contribution is -2.31. The van der Waals surface area contributed by atoms with Crippen LogP contribution >= 0.6 is 0 Å². The lowest BCUT2D eigenvalue weighted by Gasteiger charge is -2.15. The molecule has 4 nitrogen and oxygen atoms in total. The molecule has 2 saturated carbocycles. The smallest absolute Gasteiger partial charge is 0.251 e. The first-order valence-corrected chi connectivity index (χ1v) is 8.20. The molecule has 21 heavy (non-hydrogen) atoms. The average Bonchev–Trinajstić information content (AvgIpc) is 3.37. The molecule has 0 spiro atoms. The maximum absolute atomic E-state index is 12.4. The van der Waals surface area contributed by atoms with Crippen molar-refractivity contribution in [1.82, 2.24) is 10.3 Å². The number of pyridine rings is 1. The van der Waals surface area contributed by atoms with Crippen LogP contribution in [0.3, 0.4) is 0 Å². The molecule has 0 unspecified atom stereocenters. The normalized spacial score (nSPS) is 19.1. The third-order valence-electron chi connectivity index (χ3n) is 4.80. The fraction of sp³-hybridized carbons (Fsp3) is 0.647. The summed E-state index contributed by atoms with van der Waals surface area (Å²) >= 11 is 0. The first-order valence-electron chi connectivity index (χ1n) is 8.20. The van der Waals surface area contributed by atoms with E-state index in [1.165, 1.54) is 25.7 Å². The molecule has 4 heteroatoms. The van der Waals surface area contributed by atoms with Gasteiger partial charge in [0.05, 0.1) is 0 Å². The molecule has 1 heterocycles. The summed E-state index contributed by atoms with van der Waals surface area (Å²) in [6.07, 6.45) is 6.13. The Morgan fingerprint density at radius 3 is 2.67 bits per heavy atom. The minimum atomic E-state index is 0.0400. The second-order valence-electron chi connectivity index (χ2n) is 6.44. The van der Waals surface area contributed by atoms with E-state index in [0.717, 1.165) is 42.5 Å². The van der Waals surface area contributed by atoms with E-state index in [-0.39, 0.29) is 5.91 Å². The molecule has 1 aromatic rings. The van der Waals surface area contributed by atoms with Gasteiger partial charge in [0.15, 0.2) is 0 Å². The van der Waals surface area contributed by atoms with Gasteiger partial charge in [-0.15, -0.1) is 0 Å². The summed E-state index contributed by atoms with van der Waals surface area (Å²) in [5.41, 5.74) is 2.13. The number of hydrogen-bond donors (Lipinski definition) is 2. The largest absolute Gasteiger partial charge is 0.370 e. The molecule has 3 rings (SSSR count). The van der Waals surface area contributed by atoms with Crippen LogP contribution in [-0.4, -0.2) is 24.0 Å². The Hall–Kier alpha value is -1.58. The molecule has 2 N–H and O–H groups in total. The molecular formula is C17H25N3O. The zero-order valence-electron chi connectivity index (χ0n) is 13.0. The van der Waals surface area contributed by atoms with Gasteiger partial charge < -0.3 is 10.6 Å². The molecular weight excluding hydrogens is 262 g/mol. The molecule has 2 fully saturated rings. The van der Waals surface area contributed by atoms with Crippen LogP contribution in [-0.2, 0) is 6.42 Å². The van der Waals surface area contributed by atoms with E-state index in [1.54, 1.807) is 0 Å². The number of rotatable bonds is 7. The molecule has 0 bridgehead atoms. The van der Waals surface area contributed by atoms with E-state index in [2.05, 4.69) is 22.5 Å². The lowest BCUT2D eigenvalue weighted by atomic mass is 10.0. The van der Waals surface area contributed by atoms with E-state index in [9.17, 15) is 4.79 Å². The van der Waals surface area contributed by atoms with E-state index >= 15 is 0 Å². The van der Waals surface area contributed by atoms with Crippen molar-refractivity contribution in [3.05, 3.63) is 23.4 Å². The summed E-state index contributed by atoms with van der Waals surface area (Å²) in [6.45, 7) is 5.75. The lowest BCUT2D eigenvalue weighted by molar-refractivity contribution is 0.0942. The van der Waals surface area contributed by atoms with Crippen molar-refractivity contribution in [2.75, 3.05) is 18.4 Å². The fourth-order valence-corrected chi connectivity index (χ4v) is 3.12. The van der Waals surface area contributed by atoms with E-state index in [4.69, 9.17) is 0 Å². The molecule has 0 radical (unpaired) electrons. The van der Waals surface area contributed by atoms with Crippen LogP contribution in [0.2, 0.25) is 0 Å². The van der Waals surface area contributed by atoms with Crippen molar-refractivity contribution in [3.63, 3.8) is 0 Å². The van der Waals surface area contributed by atoms with Crippen LogP contribution < -0.4 is 10.6 Å². The van der Waals surface area contributed by atoms with Gasteiger partial charge in [0.25, 0.3) is 5.91 Å². The number of nitrogens with zero attached hydrogens (tertiary/aromatic N) is 1. The van der Waals surface area contributed by atoms with Gasteiger partial charge >= 0.3 is 0 Å². The molecule has 0 atom stereocenters. The molecule has 0 aromatic carbocycles. The number of carbonyl (C=O) groups excluding carboxylic acids is 1. The average molecular weight is 287 g/mol. The van der Waals surface area contributed by atoms with E-state index in [1.807, 2.05) is 19.1 Å². The molecule has 1 aromatic heterocycles.